The highest BCUT2D eigenvalue weighted by Gasteiger charge is 2.35. The molecule has 6 heteroatoms. The number of carbonyl (C=O) groups excluding carboxylic acids is 2. The van der Waals surface area contributed by atoms with Gasteiger partial charge < -0.3 is 20.1 Å². The fourth-order valence-electron chi connectivity index (χ4n) is 3.19. The first kappa shape index (κ1) is 23.3. The lowest BCUT2D eigenvalue weighted by Gasteiger charge is -2.30. The van der Waals surface area contributed by atoms with Crippen LogP contribution in [0.5, 0.6) is 0 Å². The van der Waals surface area contributed by atoms with Crippen LogP contribution in [0.2, 0.25) is 0 Å². The lowest BCUT2D eigenvalue weighted by Crippen LogP contribution is -2.46. The summed E-state index contributed by atoms with van der Waals surface area (Å²) in [5.74, 6) is -1.44. The second-order valence-corrected chi connectivity index (χ2v) is 7.43. The third-order valence-corrected chi connectivity index (χ3v) is 5.07. The first-order valence-electron chi connectivity index (χ1n) is 9.44. The molecule has 1 aliphatic heterocycles. The Labute approximate surface area is 161 Å². The van der Waals surface area contributed by atoms with E-state index in [9.17, 15) is 24.9 Å². The second-order valence-electron chi connectivity index (χ2n) is 7.43. The highest BCUT2D eigenvalue weighted by atomic mass is 16.6. The number of allylic oxidation sites excluding steroid dienone is 3. The number of esters is 1. The van der Waals surface area contributed by atoms with Crippen LogP contribution in [0.3, 0.4) is 0 Å². The van der Waals surface area contributed by atoms with E-state index in [1.54, 1.807) is 26.8 Å². The molecule has 27 heavy (non-hydrogen) atoms. The van der Waals surface area contributed by atoms with Gasteiger partial charge in [0.1, 0.15) is 11.7 Å². The van der Waals surface area contributed by atoms with Gasteiger partial charge >= 0.3 is 5.97 Å². The number of cyclic esters (lactones) is 1. The lowest BCUT2D eigenvalue weighted by atomic mass is 9.85. The number of ketones is 1. The lowest BCUT2D eigenvalue weighted by molar-refractivity contribution is -0.158. The highest BCUT2D eigenvalue weighted by molar-refractivity contribution is 5.91. The van der Waals surface area contributed by atoms with Crippen LogP contribution in [0.25, 0.3) is 0 Å². The Morgan fingerprint density at radius 3 is 2.44 bits per heavy atom. The van der Waals surface area contributed by atoms with E-state index in [2.05, 4.69) is 0 Å². The molecule has 0 bridgehead atoms. The maximum atomic E-state index is 12.2. The molecule has 1 rings (SSSR count). The van der Waals surface area contributed by atoms with Gasteiger partial charge in [-0.3, -0.25) is 4.79 Å². The number of hydrogen-bond donors (Lipinski definition) is 3. The summed E-state index contributed by atoms with van der Waals surface area (Å²) in [4.78, 5) is 24.3. The predicted molar refractivity (Wildman–Crippen MR) is 103 cm³/mol. The maximum absolute atomic E-state index is 12.2. The van der Waals surface area contributed by atoms with Gasteiger partial charge in [0, 0.05) is 17.9 Å². The molecule has 0 amide bonds. The normalized spacial score (nSPS) is 36.6. The molecule has 0 aromatic carbocycles. The average molecular weight is 380 g/mol. The number of rotatable bonds is 2. The quantitative estimate of drug-likeness (QED) is 0.633. The standard InChI is InChI=1S/C21H32O6/c1-5-18-21(26,13-22)11-7-6-8-17(23)15(3)12-16(4)20(25)14(2)9-10-19(24)27-18/h6-11,14-16,18,20,22,25-26H,5,12-13H2,1-4H3. The van der Waals surface area contributed by atoms with Crippen molar-refractivity contribution in [2.24, 2.45) is 17.8 Å². The summed E-state index contributed by atoms with van der Waals surface area (Å²) in [6.45, 7) is 6.55. The van der Waals surface area contributed by atoms with Crippen molar-refractivity contribution < 1.29 is 29.6 Å². The summed E-state index contributed by atoms with van der Waals surface area (Å²) in [7, 11) is 0. The monoisotopic (exact) mass is 380 g/mol. The van der Waals surface area contributed by atoms with Crippen LogP contribution in [0.15, 0.2) is 36.5 Å². The zero-order valence-corrected chi connectivity index (χ0v) is 16.5. The van der Waals surface area contributed by atoms with E-state index in [1.807, 2.05) is 6.92 Å². The van der Waals surface area contributed by atoms with Crippen molar-refractivity contribution in [3.05, 3.63) is 36.5 Å². The summed E-state index contributed by atoms with van der Waals surface area (Å²) in [6, 6.07) is 0. The minimum Gasteiger partial charge on any atom is -0.456 e. The minimum absolute atomic E-state index is 0.0833. The van der Waals surface area contributed by atoms with Crippen LogP contribution in [0.1, 0.15) is 40.5 Å². The molecule has 0 aromatic heterocycles. The van der Waals surface area contributed by atoms with Crippen molar-refractivity contribution in [3.8, 4) is 0 Å². The predicted octanol–water partition coefficient (Wildman–Crippen LogP) is 1.94. The van der Waals surface area contributed by atoms with Crippen molar-refractivity contribution in [3.63, 3.8) is 0 Å². The van der Waals surface area contributed by atoms with Crippen LogP contribution in [0.4, 0.5) is 0 Å². The molecule has 0 fully saturated rings. The van der Waals surface area contributed by atoms with E-state index in [-0.39, 0.29) is 30.0 Å². The third-order valence-electron chi connectivity index (χ3n) is 5.07. The minimum atomic E-state index is -1.76. The Morgan fingerprint density at radius 1 is 1.19 bits per heavy atom. The topological polar surface area (TPSA) is 104 Å². The fourth-order valence-corrected chi connectivity index (χ4v) is 3.19. The van der Waals surface area contributed by atoms with Gasteiger partial charge in [0.2, 0.25) is 0 Å². The number of aliphatic hydroxyl groups excluding tert-OH is 2. The van der Waals surface area contributed by atoms with E-state index in [0.717, 1.165) is 0 Å². The molecule has 0 saturated heterocycles. The Bertz CT molecular complexity index is 593. The molecular weight excluding hydrogens is 348 g/mol. The SMILES string of the molecule is CCC1OC(=O)C=CC(C)C(O)C(C)CC(C)C(=O)C=CC=CC1(O)CO. The second kappa shape index (κ2) is 10.5. The number of aliphatic hydroxyl groups is 3. The molecule has 0 aliphatic carbocycles. The molecule has 1 heterocycles. The van der Waals surface area contributed by atoms with Crippen molar-refractivity contribution in [1.82, 2.24) is 0 Å². The largest absolute Gasteiger partial charge is 0.456 e. The van der Waals surface area contributed by atoms with Crippen molar-refractivity contribution in [1.29, 1.82) is 0 Å². The van der Waals surface area contributed by atoms with Gasteiger partial charge in [-0.2, -0.15) is 0 Å². The molecule has 1 aliphatic rings. The Hall–Kier alpha value is -1.76. The average Bonchev–Trinajstić information content (AvgIpc) is 2.65. The van der Waals surface area contributed by atoms with E-state index < -0.39 is 30.4 Å². The van der Waals surface area contributed by atoms with Gasteiger partial charge in [0.15, 0.2) is 5.78 Å². The number of carbonyl (C=O) groups is 2. The Balaban J connectivity index is 3.20. The van der Waals surface area contributed by atoms with Crippen molar-refractivity contribution in [2.45, 2.75) is 58.3 Å². The van der Waals surface area contributed by atoms with E-state index in [1.165, 1.54) is 30.4 Å². The summed E-state index contributed by atoms with van der Waals surface area (Å²) in [5.41, 5.74) is -1.76. The molecule has 6 unspecified atom stereocenters. The molecule has 0 aromatic rings. The molecule has 0 spiro atoms. The zero-order valence-electron chi connectivity index (χ0n) is 16.5. The smallest absolute Gasteiger partial charge is 0.330 e. The van der Waals surface area contributed by atoms with Crippen LogP contribution in [-0.4, -0.2) is 51.5 Å². The highest BCUT2D eigenvalue weighted by Crippen LogP contribution is 2.23. The molecule has 3 N–H and O–H groups in total. The summed E-state index contributed by atoms with van der Waals surface area (Å²) >= 11 is 0. The van der Waals surface area contributed by atoms with Crippen LogP contribution < -0.4 is 0 Å². The van der Waals surface area contributed by atoms with Gasteiger partial charge in [-0.1, -0.05) is 45.9 Å². The van der Waals surface area contributed by atoms with Crippen molar-refractivity contribution >= 4 is 11.8 Å². The van der Waals surface area contributed by atoms with Gasteiger partial charge in [-0.25, -0.2) is 4.79 Å². The molecule has 0 radical (unpaired) electrons. The Morgan fingerprint density at radius 2 is 1.85 bits per heavy atom. The van der Waals surface area contributed by atoms with Gasteiger partial charge in [0.25, 0.3) is 0 Å². The van der Waals surface area contributed by atoms with Crippen LogP contribution in [-0.2, 0) is 14.3 Å². The summed E-state index contributed by atoms with van der Waals surface area (Å²) in [5, 5.41) is 30.7. The van der Waals surface area contributed by atoms with E-state index >= 15 is 0 Å². The van der Waals surface area contributed by atoms with Gasteiger partial charge in [-0.15, -0.1) is 0 Å². The molecule has 0 saturated carbocycles. The first-order chi connectivity index (χ1) is 12.6. The third kappa shape index (κ3) is 6.72. The van der Waals surface area contributed by atoms with Crippen LogP contribution in [0, 0.1) is 17.8 Å². The van der Waals surface area contributed by atoms with Crippen molar-refractivity contribution in [2.75, 3.05) is 6.61 Å². The van der Waals surface area contributed by atoms with E-state index in [0.29, 0.717) is 6.42 Å². The van der Waals surface area contributed by atoms with Gasteiger partial charge in [-0.05, 0) is 30.9 Å². The first-order valence-corrected chi connectivity index (χ1v) is 9.44. The van der Waals surface area contributed by atoms with E-state index in [4.69, 9.17) is 4.74 Å². The zero-order chi connectivity index (χ0) is 20.6. The fraction of sp³-hybridized carbons (Fsp3) is 0.619. The van der Waals surface area contributed by atoms with Gasteiger partial charge in [0.05, 0.1) is 12.7 Å². The Kier molecular flexibility index (Phi) is 9.09. The molecule has 6 nitrogen and oxygen atoms in total. The molecule has 152 valence electrons. The number of hydrogen-bond acceptors (Lipinski definition) is 6. The molecular formula is C21H32O6. The maximum Gasteiger partial charge on any atom is 0.330 e. The number of ether oxygens (including phenoxy) is 1. The molecule has 6 atom stereocenters. The van der Waals surface area contributed by atoms with Crippen LogP contribution >= 0.6 is 0 Å². The summed E-state index contributed by atoms with van der Waals surface area (Å²) in [6.07, 6.45) is 7.60. The summed E-state index contributed by atoms with van der Waals surface area (Å²) < 4.78 is 5.30.